The first-order valence-corrected chi connectivity index (χ1v) is 21.8. The van der Waals surface area contributed by atoms with Crippen molar-refractivity contribution in [3.8, 4) is 0 Å². The van der Waals surface area contributed by atoms with Gasteiger partial charge in [-0.2, -0.15) is 0 Å². The van der Waals surface area contributed by atoms with Gasteiger partial charge in [0.2, 0.25) is 15.9 Å². The number of sulfonamides is 1. The quantitative estimate of drug-likeness (QED) is 0.0586. The van der Waals surface area contributed by atoms with Crippen molar-refractivity contribution in [2.45, 2.75) is 83.6 Å². The summed E-state index contributed by atoms with van der Waals surface area (Å²) in [6.07, 6.45) is 11.5. The van der Waals surface area contributed by atoms with Gasteiger partial charge in [-0.25, -0.2) is 22.7 Å². The molecular formula is C44H53ClN8O5S. The van der Waals surface area contributed by atoms with Gasteiger partial charge in [0, 0.05) is 58.7 Å². The molecule has 13 nitrogen and oxygen atoms in total. The number of hydrogen-bond acceptors (Lipinski definition) is 9. The molecule has 0 aliphatic carbocycles. The van der Waals surface area contributed by atoms with Crippen LogP contribution in [0.25, 0.3) is 10.9 Å². The second-order valence-electron chi connectivity index (χ2n) is 14.4. The number of anilines is 3. The predicted octanol–water partition coefficient (Wildman–Crippen LogP) is 8.23. The van der Waals surface area contributed by atoms with Crippen molar-refractivity contribution in [3.63, 3.8) is 0 Å². The molecule has 0 spiro atoms. The highest BCUT2D eigenvalue weighted by atomic mass is 35.5. The average molecular weight is 841 g/mol. The van der Waals surface area contributed by atoms with Crippen LogP contribution in [0.1, 0.15) is 77.1 Å². The summed E-state index contributed by atoms with van der Waals surface area (Å²) < 4.78 is 28.6. The number of nitrogens with one attached hydrogen (secondary N) is 2. The summed E-state index contributed by atoms with van der Waals surface area (Å²) in [5, 5.41) is 6.07. The van der Waals surface area contributed by atoms with Gasteiger partial charge in [-0.05, 0) is 99.3 Å². The molecule has 0 unspecified atom stereocenters. The molecule has 15 heteroatoms. The summed E-state index contributed by atoms with van der Waals surface area (Å²) in [4.78, 5) is 57.2. The number of nitrogens with zero attached hydrogens (tertiary/aromatic N) is 6. The van der Waals surface area contributed by atoms with E-state index in [1.54, 1.807) is 36.4 Å². The molecule has 312 valence electrons. The van der Waals surface area contributed by atoms with E-state index in [-0.39, 0.29) is 50.8 Å². The van der Waals surface area contributed by atoms with Crippen LogP contribution in [0.3, 0.4) is 0 Å². The highest BCUT2D eigenvalue weighted by Crippen LogP contribution is 2.32. The zero-order valence-electron chi connectivity index (χ0n) is 34.4. The minimum absolute atomic E-state index is 0.0112. The highest BCUT2D eigenvalue weighted by Gasteiger charge is 2.26. The van der Waals surface area contributed by atoms with E-state index in [4.69, 9.17) is 21.6 Å². The SMILES string of the molecule is CCN(CC)c1ccc(N=C(C(=O)Nc2cc(S(=O)(=O)N(C)C)ccc2Cl)c2nc3ccccc3c(=O)n2CCCCCCCCCc2ccncc2)c(NC(C)=O)c1. The molecule has 2 amide bonds. The summed E-state index contributed by atoms with van der Waals surface area (Å²) in [6, 6.07) is 20.4. The Morgan fingerprint density at radius 2 is 1.51 bits per heavy atom. The largest absolute Gasteiger partial charge is 0.372 e. The third-order valence-electron chi connectivity index (χ3n) is 10.0. The number of fused-ring (bicyclic) bond motifs is 1. The minimum Gasteiger partial charge on any atom is -0.372 e. The number of aromatic nitrogens is 3. The van der Waals surface area contributed by atoms with Crippen molar-refractivity contribution in [1.82, 2.24) is 18.8 Å². The van der Waals surface area contributed by atoms with Gasteiger partial charge in [0.05, 0.1) is 37.9 Å². The molecule has 2 N–H and O–H groups in total. The van der Waals surface area contributed by atoms with Gasteiger partial charge in [0.25, 0.3) is 11.5 Å². The predicted molar refractivity (Wildman–Crippen MR) is 238 cm³/mol. The van der Waals surface area contributed by atoms with Crippen LogP contribution in [-0.2, 0) is 32.6 Å². The van der Waals surface area contributed by atoms with Crippen LogP contribution in [0.4, 0.5) is 22.7 Å². The van der Waals surface area contributed by atoms with Crippen LogP contribution in [0.5, 0.6) is 0 Å². The maximum Gasteiger partial charge on any atom is 0.278 e. The molecule has 59 heavy (non-hydrogen) atoms. The van der Waals surface area contributed by atoms with Crippen LogP contribution < -0.4 is 21.1 Å². The topological polar surface area (TPSA) is 159 Å². The number of aliphatic imine (C=N–C) groups is 1. The van der Waals surface area contributed by atoms with Crippen molar-refractivity contribution in [3.05, 3.63) is 112 Å². The van der Waals surface area contributed by atoms with Crippen molar-refractivity contribution in [1.29, 1.82) is 0 Å². The summed E-state index contributed by atoms with van der Waals surface area (Å²) in [7, 11) is -1.08. The van der Waals surface area contributed by atoms with Gasteiger partial charge >= 0.3 is 0 Å². The monoisotopic (exact) mass is 840 g/mol. The summed E-state index contributed by atoms with van der Waals surface area (Å²) in [5.74, 6) is -1.13. The summed E-state index contributed by atoms with van der Waals surface area (Å²) in [5.41, 5.74) is 2.53. The van der Waals surface area contributed by atoms with Crippen LogP contribution in [0, 0.1) is 0 Å². The van der Waals surface area contributed by atoms with E-state index in [2.05, 4.69) is 20.5 Å². The molecular weight excluding hydrogens is 788 g/mol. The first-order chi connectivity index (χ1) is 28.3. The zero-order chi connectivity index (χ0) is 42.5. The van der Waals surface area contributed by atoms with E-state index >= 15 is 0 Å². The fourth-order valence-electron chi connectivity index (χ4n) is 6.76. The first-order valence-electron chi connectivity index (χ1n) is 20.0. The maximum absolute atomic E-state index is 14.6. The number of rotatable bonds is 20. The molecule has 0 bridgehead atoms. The number of aryl methyl sites for hydroxylation is 1. The smallest absolute Gasteiger partial charge is 0.278 e. The number of carbonyl (C=O) groups is 2. The molecule has 0 radical (unpaired) electrons. The molecule has 5 aromatic rings. The third-order valence-corrected chi connectivity index (χ3v) is 12.1. The van der Waals surface area contributed by atoms with E-state index in [1.165, 1.54) is 49.3 Å². The minimum atomic E-state index is -3.89. The van der Waals surface area contributed by atoms with Gasteiger partial charge < -0.3 is 15.5 Å². The molecule has 0 aliphatic heterocycles. The molecule has 5 rings (SSSR count). The van der Waals surface area contributed by atoms with Crippen molar-refractivity contribution >= 4 is 72.8 Å². The van der Waals surface area contributed by atoms with E-state index < -0.39 is 15.9 Å². The maximum atomic E-state index is 14.6. The number of para-hydroxylation sites is 1. The van der Waals surface area contributed by atoms with E-state index in [1.807, 2.05) is 44.4 Å². The Hall–Kier alpha value is -5.44. The Morgan fingerprint density at radius 1 is 0.831 bits per heavy atom. The van der Waals surface area contributed by atoms with Crippen LogP contribution in [0.15, 0.2) is 99.9 Å². The number of unbranched alkanes of at least 4 members (excludes halogenated alkanes) is 6. The van der Waals surface area contributed by atoms with Gasteiger partial charge in [-0.3, -0.25) is 23.9 Å². The second-order valence-corrected chi connectivity index (χ2v) is 16.9. The molecule has 2 aromatic heterocycles. The lowest BCUT2D eigenvalue weighted by Crippen LogP contribution is -2.34. The number of carbonyl (C=O) groups excluding carboxylic acids is 2. The molecule has 0 aliphatic rings. The molecule has 2 heterocycles. The first kappa shape index (κ1) is 44.7. The van der Waals surface area contributed by atoms with Crippen LogP contribution >= 0.6 is 11.6 Å². The average Bonchev–Trinajstić information content (AvgIpc) is 3.21. The summed E-state index contributed by atoms with van der Waals surface area (Å²) in [6.45, 7) is 7.13. The Kier molecular flexibility index (Phi) is 15.9. The highest BCUT2D eigenvalue weighted by molar-refractivity contribution is 7.89. The standard InChI is InChI=1S/C44H53ClN8O5S/c1-6-52(7-2)33-20-23-38(40(29-33)47-31(3)54)48-41(43(55)50-39-30-34(21-22-36(39)45)59(57,58)51(4)5)42-49-37-19-15-14-18-35(37)44(56)53(42)28-16-12-10-8-9-11-13-17-32-24-26-46-27-25-32/h14-15,18-27,29-30H,6-13,16-17,28H2,1-5H3,(H,47,54)(H,50,55). The lowest BCUT2D eigenvalue weighted by atomic mass is 10.1. The Balaban J connectivity index is 1.53. The van der Waals surface area contributed by atoms with Gasteiger partial charge in [0.1, 0.15) is 0 Å². The Bertz CT molecular complexity index is 2450. The number of benzene rings is 3. The van der Waals surface area contributed by atoms with Crippen molar-refractivity contribution < 1.29 is 18.0 Å². The Labute approximate surface area is 351 Å². The van der Waals surface area contributed by atoms with Gasteiger partial charge in [0.15, 0.2) is 11.5 Å². The number of pyridine rings is 1. The lowest BCUT2D eigenvalue weighted by molar-refractivity contribution is -0.114. The van der Waals surface area contributed by atoms with Crippen LogP contribution in [-0.4, -0.2) is 72.0 Å². The number of amides is 2. The van der Waals surface area contributed by atoms with Crippen LogP contribution in [0.2, 0.25) is 5.02 Å². The zero-order valence-corrected chi connectivity index (χ0v) is 35.9. The molecule has 0 saturated heterocycles. The van der Waals surface area contributed by atoms with Crippen molar-refractivity contribution in [2.75, 3.05) is 42.7 Å². The molecule has 0 atom stereocenters. The van der Waals surface area contributed by atoms with Gasteiger partial charge in [-0.1, -0.05) is 55.8 Å². The second kappa shape index (κ2) is 21.0. The van der Waals surface area contributed by atoms with Gasteiger partial charge in [-0.15, -0.1) is 0 Å². The third kappa shape index (κ3) is 11.6. The molecule has 0 fully saturated rings. The Morgan fingerprint density at radius 3 is 2.19 bits per heavy atom. The van der Waals surface area contributed by atoms with E-state index in [0.29, 0.717) is 23.0 Å². The molecule has 0 saturated carbocycles. The fourth-order valence-corrected chi connectivity index (χ4v) is 7.85. The number of hydrogen-bond donors (Lipinski definition) is 2. The summed E-state index contributed by atoms with van der Waals surface area (Å²) >= 11 is 6.55. The lowest BCUT2D eigenvalue weighted by Gasteiger charge is -2.22. The molecule has 3 aromatic carbocycles. The fraction of sp³-hybridized carbons (Fsp3) is 0.364. The number of halogens is 1. The van der Waals surface area contributed by atoms with Crippen molar-refractivity contribution in [2.24, 2.45) is 4.99 Å². The van der Waals surface area contributed by atoms with E-state index in [0.717, 1.165) is 68.0 Å². The van der Waals surface area contributed by atoms with E-state index in [9.17, 15) is 22.8 Å². The normalized spacial score (nSPS) is 11.9.